The largest absolute Gasteiger partial charge is 0.450 e. The molecule has 4 nitrogen and oxygen atoms in total. The molecule has 43 heavy (non-hydrogen) atoms. The summed E-state index contributed by atoms with van der Waals surface area (Å²) in [6, 6.07) is 39.9. The van der Waals surface area contributed by atoms with Gasteiger partial charge >= 0.3 is 0 Å². The molecular formula is C39H26N2O2. The van der Waals surface area contributed by atoms with Crippen LogP contribution in [0.2, 0.25) is 0 Å². The molecule has 0 atom stereocenters. The molecule has 2 aromatic heterocycles. The van der Waals surface area contributed by atoms with Gasteiger partial charge < -0.3 is 9.47 Å². The monoisotopic (exact) mass is 554 g/mol. The van der Waals surface area contributed by atoms with Gasteiger partial charge in [-0.2, -0.15) is 0 Å². The summed E-state index contributed by atoms with van der Waals surface area (Å²) in [7, 11) is 0. The summed E-state index contributed by atoms with van der Waals surface area (Å²) < 4.78 is 13.0. The van der Waals surface area contributed by atoms with Gasteiger partial charge in [0.25, 0.3) is 0 Å². The van der Waals surface area contributed by atoms with Gasteiger partial charge in [0.1, 0.15) is 0 Å². The molecule has 0 saturated carbocycles. The van der Waals surface area contributed by atoms with Gasteiger partial charge in [-0.1, -0.05) is 92.7 Å². The van der Waals surface area contributed by atoms with Crippen molar-refractivity contribution < 1.29 is 9.47 Å². The molecule has 9 rings (SSSR count). The number of ether oxygens (including phenoxy) is 2. The Kier molecular flexibility index (Phi) is 4.92. The average molecular weight is 555 g/mol. The summed E-state index contributed by atoms with van der Waals surface area (Å²) in [5.74, 6) is 2.90. The summed E-state index contributed by atoms with van der Waals surface area (Å²) in [6.07, 6.45) is 1.82. The van der Waals surface area contributed by atoms with Gasteiger partial charge in [0.2, 0.25) is 0 Å². The van der Waals surface area contributed by atoms with E-state index in [0.29, 0.717) is 11.5 Å². The zero-order chi connectivity index (χ0) is 28.7. The van der Waals surface area contributed by atoms with Crippen molar-refractivity contribution >= 4 is 21.8 Å². The Balaban J connectivity index is 1.13. The van der Waals surface area contributed by atoms with Crippen molar-refractivity contribution in [2.75, 3.05) is 0 Å². The number of rotatable bonds is 2. The highest BCUT2D eigenvalue weighted by Gasteiger charge is 2.37. The Bertz CT molecular complexity index is 2290. The first kappa shape index (κ1) is 24.2. The number of nitrogens with zero attached hydrogens (tertiary/aromatic N) is 2. The van der Waals surface area contributed by atoms with Crippen LogP contribution in [0.3, 0.4) is 0 Å². The molecule has 0 spiro atoms. The van der Waals surface area contributed by atoms with E-state index in [0.717, 1.165) is 55.7 Å². The van der Waals surface area contributed by atoms with Gasteiger partial charge in [-0.3, -0.25) is 4.98 Å². The molecule has 1 aliphatic carbocycles. The van der Waals surface area contributed by atoms with E-state index in [1.807, 2.05) is 18.3 Å². The van der Waals surface area contributed by atoms with Gasteiger partial charge in [-0.05, 0) is 69.8 Å². The van der Waals surface area contributed by atoms with Crippen LogP contribution in [0.4, 0.5) is 0 Å². The molecule has 2 aliphatic rings. The van der Waals surface area contributed by atoms with Gasteiger partial charge in [0.15, 0.2) is 23.0 Å². The fourth-order valence-corrected chi connectivity index (χ4v) is 6.78. The summed E-state index contributed by atoms with van der Waals surface area (Å²) >= 11 is 0. The molecule has 0 amide bonds. The number of hydrogen-bond donors (Lipinski definition) is 0. The maximum Gasteiger partial charge on any atom is 0.170 e. The Labute approximate surface area is 249 Å². The van der Waals surface area contributed by atoms with Crippen LogP contribution in [0.15, 0.2) is 121 Å². The van der Waals surface area contributed by atoms with Crippen LogP contribution in [0.1, 0.15) is 25.0 Å². The molecule has 0 fully saturated rings. The van der Waals surface area contributed by atoms with Crippen molar-refractivity contribution in [1.29, 1.82) is 0 Å². The molecule has 0 N–H and O–H groups in total. The third-order valence-electron chi connectivity index (χ3n) is 8.98. The van der Waals surface area contributed by atoms with E-state index in [1.165, 1.54) is 22.3 Å². The van der Waals surface area contributed by atoms with Crippen molar-refractivity contribution in [2.45, 2.75) is 19.3 Å². The van der Waals surface area contributed by atoms with E-state index in [1.54, 1.807) is 0 Å². The average Bonchev–Trinajstić information content (AvgIpc) is 3.27. The zero-order valence-corrected chi connectivity index (χ0v) is 23.8. The van der Waals surface area contributed by atoms with Crippen molar-refractivity contribution in [3.05, 3.63) is 133 Å². The Morgan fingerprint density at radius 1 is 0.512 bits per heavy atom. The minimum Gasteiger partial charge on any atom is -0.450 e. The Hall–Kier alpha value is -5.48. The van der Waals surface area contributed by atoms with Crippen LogP contribution in [-0.2, 0) is 5.41 Å². The van der Waals surface area contributed by atoms with E-state index in [9.17, 15) is 0 Å². The molecule has 4 heteroatoms. The second kappa shape index (κ2) is 8.76. The molecule has 1 aliphatic heterocycles. The molecule has 0 saturated heterocycles. The molecule has 204 valence electrons. The quantitative estimate of drug-likeness (QED) is 0.199. The second-order valence-corrected chi connectivity index (χ2v) is 11.8. The number of benzene rings is 5. The van der Waals surface area contributed by atoms with Crippen molar-refractivity contribution in [3.63, 3.8) is 0 Å². The minimum atomic E-state index is -0.0999. The summed E-state index contributed by atoms with van der Waals surface area (Å²) in [5, 5.41) is 2.15. The maximum atomic E-state index is 6.55. The smallest absolute Gasteiger partial charge is 0.170 e. The van der Waals surface area contributed by atoms with Crippen molar-refractivity contribution in [2.24, 2.45) is 0 Å². The molecule has 5 aromatic carbocycles. The number of hydrogen-bond acceptors (Lipinski definition) is 4. The highest BCUT2D eigenvalue weighted by Crippen LogP contribution is 2.55. The lowest BCUT2D eigenvalue weighted by Gasteiger charge is -2.25. The topological polar surface area (TPSA) is 44.2 Å². The lowest BCUT2D eigenvalue weighted by atomic mass is 9.82. The molecule has 0 bridgehead atoms. The molecule has 0 radical (unpaired) electrons. The van der Waals surface area contributed by atoms with E-state index in [2.05, 4.69) is 122 Å². The molecule has 7 aromatic rings. The van der Waals surface area contributed by atoms with E-state index < -0.39 is 0 Å². The first-order valence-corrected chi connectivity index (χ1v) is 14.6. The van der Waals surface area contributed by atoms with Gasteiger partial charge in [-0.15, -0.1) is 0 Å². The molecule has 3 heterocycles. The Morgan fingerprint density at radius 3 is 2.09 bits per heavy atom. The Morgan fingerprint density at radius 2 is 1.21 bits per heavy atom. The standard InChI is InChI=1S/C39H26N2O2/c1-39(2)30-12-6-5-10-27(30)29-21-35-36(22-31(29)39)42-33-18-16-25(20-34(33)43-35)26-9-3-4-11-28(26)32-17-15-24-14-13-23-8-7-19-40-37(23)38(24)41-32/h3-22H,1-2H3. The van der Waals surface area contributed by atoms with Crippen LogP contribution in [-0.4, -0.2) is 9.97 Å². The van der Waals surface area contributed by atoms with E-state index in [4.69, 9.17) is 14.5 Å². The van der Waals surface area contributed by atoms with E-state index >= 15 is 0 Å². The lowest BCUT2D eigenvalue weighted by molar-refractivity contribution is 0.359. The number of pyridine rings is 2. The maximum absolute atomic E-state index is 6.55. The lowest BCUT2D eigenvalue weighted by Crippen LogP contribution is -2.15. The number of fused-ring (bicyclic) bond motifs is 8. The predicted octanol–water partition coefficient (Wildman–Crippen LogP) is 10.3. The fraction of sp³-hybridized carbons (Fsp3) is 0.0769. The summed E-state index contributed by atoms with van der Waals surface area (Å²) in [4.78, 5) is 9.76. The third kappa shape index (κ3) is 3.56. The fourth-order valence-electron chi connectivity index (χ4n) is 6.78. The molecular weight excluding hydrogens is 528 g/mol. The van der Waals surface area contributed by atoms with Crippen LogP contribution in [0.5, 0.6) is 23.0 Å². The van der Waals surface area contributed by atoms with Crippen LogP contribution < -0.4 is 9.47 Å². The SMILES string of the molecule is CC1(C)c2ccccc2-c2cc3c(cc21)Oc1ccc(-c2ccccc2-c2ccc4ccc5cccnc5c4n2)cc1O3. The summed E-state index contributed by atoms with van der Waals surface area (Å²) in [5.41, 5.74) is 10.8. The normalized spacial score (nSPS) is 13.9. The predicted molar refractivity (Wildman–Crippen MR) is 172 cm³/mol. The third-order valence-corrected chi connectivity index (χ3v) is 8.98. The van der Waals surface area contributed by atoms with Crippen molar-refractivity contribution in [1.82, 2.24) is 9.97 Å². The molecule has 0 unspecified atom stereocenters. The summed E-state index contributed by atoms with van der Waals surface area (Å²) in [6.45, 7) is 4.55. The van der Waals surface area contributed by atoms with Gasteiger partial charge in [-0.25, -0.2) is 4.98 Å². The van der Waals surface area contributed by atoms with Crippen LogP contribution in [0.25, 0.3) is 55.3 Å². The van der Waals surface area contributed by atoms with Gasteiger partial charge in [0.05, 0.1) is 16.7 Å². The van der Waals surface area contributed by atoms with Crippen LogP contribution >= 0.6 is 0 Å². The highest BCUT2D eigenvalue weighted by atomic mass is 16.6. The van der Waals surface area contributed by atoms with Crippen LogP contribution in [0, 0.1) is 0 Å². The minimum absolute atomic E-state index is 0.0999. The first-order valence-electron chi connectivity index (χ1n) is 14.6. The van der Waals surface area contributed by atoms with Crippen molar-refractivity contribution in [3.8, 4) is 56.5 Å². The zero-order valence-electron chi connectivity index (χ0n) is 23.8. The van der Waals surface area contributed by atoms with E-state index in [-0.39, 0.29) is 5.41 Å². The second-order valence-electron chi connectivity index (χ2n) is 11.8. The van der Waals surface area contributed by atoms with Gasteiger partial charge in [0, 0.05) is 27.9 Å². The number of aromatic nitrogens is 2. The highest BCUT2D eigenvalue weighted by molar-refractivity contribution is 6.03. The first-order chi connectivity index (χ1) is 21.0.